The van der Waals surface area contributed by atoms with Crippen LogP contribution in [-0.2, 0) is 4.74 Å². The van der Waals surface area contributed by atoms with Gasteiger partial charge in [0.2, 0.25) is 0 Å². The number of likely N-dealkylation sites (N-methyl/N-ethyl adjacent to an activating group) is 1. The number of benzene rings is 1. The van der Waals surface area contributed by atoms with Gasteiger partial charge in [-0.05, 0) is 25.1 Å². The molecule has 6 heteroatoms. The van der Waals surface area contributed by atoms with Gasteiger partial charge in [-0.1, -0.05) is 17.7 Å². The van der Waals surface area contributed by atoms with Crippen LogP contribution in [-0.4, -0.2) is 50.9 Å². The summed E-state index contributed by atoms with van der Waals surface area (Å²) in [4.78, 5) is 13.3. The van der Waals surface area contributed by atoms with Crippen LogP contribution in [0.4, 0.5) is 4.79 Å². The fraction of sp³-hybridized carbons (Fsp3) is 0.500. The Balaban J connectivity index is 2.18. The average Bonchev–Trinajstić information content (AvgIpc) is 2.43. The number of hydrogen-bond donors (Lipinski definition) is 1. The highest BCUT2D eigenvalue weighted by Crippen LogP contribution is 2.16. The van der Waals surface area contributed by atoms with Crippen LogP contribution in [0.25, 0.3) is 0 Å². The van der Waals surface area contributed by atoms with Crippen LogP contribution >= 0.6 is 11.6 Å². The zero-order valence-corrected chi connectivity index (χ0v) is 12.7. The van der Waals surface area contributed by atoms with Gasteiger partial charge in [-0.2, -0.15) is 0 Å². The molecular weight excluding hydrogens is 280 g/mol. The zero-order valence-electron chi connectivity index (χ0n) is 11.9. The standard InChI is InChI=1S/C14H21ClN2O3/c1-3-19-9-7-16-14(18)17(2)8-10-20-13-6-4-5-12(15)11-13/h4-6,11H,3,7-10H2,1-2H3,(H,16,18). The van der Waals surface area contributed by atoms with Crippen molar-refractivity contribution < 1.29 is 14.3 Å². The first-order chi connectivity index (χ1) is 9.63. The number of carbonyl (C=O) groups is 1. The van der Waals surface area contributed by atoms with Gasteiger partial charge in [0.05, 0.1) is 13.2 Å². The Hall–Kier alpha value is -1.46. The predicted octanol–water partition coefficient (Wildman–Crippen LogP) is 2.40. The number of amides is 2. The van der Waals surface area contributed by atoms with Gasteiger partial charge in [-0.3, -0.25) is 0 Å². The van der Waals surface area contributed by atoms with Crippen LogP contribution in [0.2, 0.25) is 5.02 Å². The van der Waals surface area contributed by atoms with E-state index >= 15 is 0 Å². The smallest absolute Gasteiger partial charge is 0.317 e. The highest BCUT2D eigenvalue weighted by atomic mass is 35.5. The molecule has 1 aromatic rings. The summed E-state index contributed by atoms with van der Waals surface area (Å²) in [5.41, 5.74) is 0. The summed E-state index contributed by atoms with van der Waals surface area (Å²) in [5, 5.41) is 3.39. The maximum atomic E-state index is 11.7. The molecule has 0 aliphatic rings. The Labute approximate surface area is 124 Å². The van der Waals surface area contributed by atoms with E-state index in [1.54, 1.807) is 24.1 Å². The van der Waals surface area contributed by atoms with E-state index in [0.717, 1.165) is 0 Å². The molecule has 0 unspecified atom stereocenters. The number of ether oxygens (including phenoxy) is 2. The van der Waals surface area contributed by atoms with Crippen molar-refractivity contribution in [2.45, 2.75) is 6.92 Å². The minimum atomic E-state index is -0.139. The molecule has 0 aromatic heterocycles. The van der Waals surface area contributed by atoms with E-state index in [9.17, 15) is 4.79 Å². The van der Waals surface area contributed by atoms with Crippen LogP contribution in [0.5, 0.6) is 5.75 Å². The van der Waals surface area contributed by atoms with Crippen LogP contribution in [0.1, 0.15) is 6.92 Å². The molecule has 1 rings (SSSR count). The lowest BCUT2D eigenvalue weighted by Crippen LogP contribution is -2.40. The van der Waals surface area contributed by atoms with Gasteiger partial charge < -0.3 is 19.7 Å². The number of halogens is 1. The second kappa shape index (κ2) is 9.44. The summed E-state index contributed by atoms with van der Waals surface area (Å²) in [5.74, 6) is 0.697. The maximum Gasteiger partial charge on any atom is 0.317 e. The molecule has 0 spiro atoms. The number of nitrogens with one attached hydrogen (secondary N) is 1. The Morgan fingerprint density at radius 1 is 1.40 bits per heavy atom. The summed E-state index contributed by atoms with van der Waals surface area (Å²) in [6.07, 6.45) is 0. The van der Waals surface area contributed by atoms with Gasteiger partial charge in [0.25, 0.3) is 0 Å². The van der Waals surface area contributed by atoms with Crippen LogP contribution in [0.3, 0.4) is 0 Å². The van der Waals surface area contributed by atoms with E-state index in [2.05, 4.69) is 5.32 Å². The van der Waals surface area contributed by atoms with E-state index in [0.29, 0.717) is 43.7 Å². The molecule has 0 saturated heterocycles. The number of carbonyl (C=O) groups excluding carboxylic acids is 1. The second-order valence-corrected chi connectivity index (χ2v) is 4.59. The third-order valence-corrected chi connectivity index (χ3v) is 2.80. The normalized spacial score (nSPS) is 10.2. The molecular formula is C14H21ClN2O3. The third-order valence-electron chi connectivity index (χ3n) is 2.56. The minimum absolute atomic E-state index is 0.139. The monoisotopic (exact) mass is 300 g/mol. The van der Waals surface area contributed by atoms with Crippen LogP contribution in [0.15, 0.2) is 24.3 Å². The van der Waals surface area contributed by atoms with Crippen molar-refractivity contribution in [1.82, 2.24) is 10.2 Å². The molecule has 0 bridgehead atoms. The summed E-state index contributed by atoms with van der Waals surface area (Å²) in [6, 6.07) is 7.03. The van der Waals surface area contributed by atoms with E-state index in [4.69, 9.17) is 21.1 Å². The minimum Gasteiger partial charge on any atom is -0.492 e. The summed E-state index contributed by atoms with van der Waals surface area (Å²) >= 11 is 5.85. The number of urea groups is 1. The first-order valence-corrected chi connectivity index (χ1v) is 6.96. The molecule has 0 fully saturated rings. The Morgan fingerprint density at radius 3 is 2.90 bits per heavy atom. The maximum absolute atomic E-state index is 11.7. The van der Waals surface area contributed by atoms with E-state index < -0.39 is 0 Å². The van der Waals surface area contributed by atoms with Gasteiger partial charge >= 0.3 is 6.03 Å². The van der Waals surface area contributed by atoms with E-state index in [-0.39, 0.29) is 6.03 Å². The Bertz CT molecular complexity index is 415. The number of rotatable bonds is 8. The molecule has 0 radical (unpaired) electrons. The molecule has 0 heterocycles. The first kappa shape index (κ1) is 16.6. The molecule has 0 saturated carbocycles. The molecule has 5 nitrogen and oxygen atoms in total. The van der Waals surface area contributed by atoms with Crippen molar-refractivity contribution in [1.29, 1.82) is 0 Å². The van der Waals surface area contributed by atoms with E-state index in [1.165, 1.54) is 0 Å². The zero-order chi connectivity index (χ0) is 14.8. The largest absolute Gasteiger partial charge is 0.492 e. The van der Waals surface area contributed by atoms with Crippen molar-refractivity contribution >= 4 is 17.6 Å². The highest BCUT2D eigenvalue weighted by Gasteiger charge is 2.07. The quantitative estimate of drug-likeness (QED) is 0.750. The Morgan fingerprint density at radius 2 is 2.20 bits per heavy atom. The summed E-state index contributed by atoms with van der Waals surface area (Å²) in [6.45, 7) is 4.50. The summed E-state index contributed by atoms with van der Waals surface area (Å²) in [7, 11) is 1.72. The number of nitrogens with zero attached hydrogens (tertiary/aromatic N) is 1. The lowest BCUT2D eigenvalue weighted by Gasteiger charge is -2.18. The Kier molecular flexibility index (Phi) is 7.84. The third kappa shape index (κ3) is 6.63. The van der Waals surface area contributed by atoms with E-state index in [1.807, 2.05) is 19.1 Å². The first-order valence-electron chi connectivity index (χ1n) is 6.58. The van der Waals surface area contributed by atoms with Gasteiger partial charge in [-0.15, -0.1) is 0 Å². The van der Waals surface area contributed by atoms with Gasteiger partial charge in [-0.25, -0.2) is 4.79 Å². The molecule has 2 amide bonds. The van der Waals surface area contributed by atoms with Crippen molar-refractivity contribution in [2.75, 3.05) is 40.0 Å². The molecule has 1 aromatic carbocycles. The SMILES string of the molecule is CCOCCNC(=O)N(C)CCOc1cccc(Cl)c1. The molecule has 0 aliphatic carbocycles. The second-order valence-electron chi connectivity index (χ2n) is 4.16. The van der Waals surface area contributed by atoms with Crippen molar-refractivity contribution in [3.05, 3.63) is 29.3 Å². The average molecular weight is 301 g/mol. The summed E-state index contributed by atoms with van der Waals surface area (Å²) < 4.78 is 10.7. The van der Waals surface area contributed by atoms with Gasteiger partial charge in [0, 0.05) is 25.2 Å². The molecule has 0 aliphatic heterocycles. The highest BCUT2D eigenvalue weighted by molar-refractivity contribution is 6.30. The van der Waals surface area contributed by atoms with Crippen molar-refractivity contribution in [3.63, 3.8) is 0 Å². The fourth-order valence-electron chi connectivity index (χ4n) is 1.47. The van der Waals surface area contributed by atoms with Crippen LogP contribution < -0.4 is 10.1 Å². The lowest BCUT2D eigenvalue weighted by atomic mass is 10.3. The molecule has 0 atom stereocenters. The number of hydrogen-bond acceptors (Lipinski definition) is 3. The molecule has 20 heavy (non-hydrogen) atoms. The van der Waals surface area contributed by atoms with Crippen molar-refractivity contribution in [2.24, 2.45) is 0 Å². The van der Waals surface area contributed by atoms with Gasteiger partial charge in [0.1, 0.15) is 12.4 Å². The van der Waals surface area contributed by atoms with Gasteiger partial charge in [0.15, 0.2) is 0 Å². The molecule has 112 valence electrons. The molecule has 1 N–H and O–H groups in total. The van der Waals surface area contributed by atoms with Crippen LogP contribution in [0, 0.1) is 0 Å². The topological polar surface area (TPSA) is 50.8 Å². The van der Waals surface area contributed by atoms with Crippen molar-refractivity contribution in [3.8, 4) is 5.75 Å². The predicted molar refractivity (Wildman–Crippen MR) is 79.5 cm³/mol. The lowest BCUT2D eigenvalue weighted by molar-refractivity contribution is 0.145. The fourth-order valence-corrected chi connectivity index (χ4v) is 1.65.